The van der Waals surface area contributed by atoms with Crippen molar-refractivity contribution in [2.75, 3.05) is 0 Å². The Morgan fingerprint density at radius 1 is 0.391 bits per heavy atom. The summed E-state index contributed by atoms with van der Waals surface area (Å²) in [6, 6.07) is 46.1. The molecule has 0 unspecified atom stereocenters. The summed E-state index contributed by atoms with van der Waals surface area (Å²) in [7, 11) is 7.14. The Kier molecular flexibility index (Phi) is 47.0. The van der Waals surface area contributed by atoms with Crippen LogP contribution in [0.15, 0.2) is 199 Å². The first-order chi connectivity index (χ1) is 63.3. The van der Waals surface area contributed by atoms with E-state index in [4.69, 9.17) is 81.7 Å². The number of halogens is 17. The number of allylic oxidation sites excluding steroid dienone is 1. The van der Waals surface area contributed by atoms with Gasteiger partial charge in [0.05, 0.1) is 34.0 Å². The Labute approximate surface area is 932 Å². The molecule has 5 aromatic heterocycles. The minimum Gasteiger partial charge on any atom is -0.513 e. The van der Waals surface area contributed by atoms with Crippen molar-refractivity contribution < 1.29 is 245 Å². The summed E-state index contributed by atoms with van der Waals surface area (Å²) in [5.41, 5.74) is -1.86. The SMILES string of the molecule is C=C(C)c1cccc(-n2nnn(C)c2=O)c1COc1cc(F)[c-]cc1Cl.C=Cc1cccc(-n2nnn(C)c2=O)c1COc1cc(F)[c-]cc1Cl.Cn1nnn(-c2cccc(OC(F)F)c2COc2cc(F)[c-]cc2Cl)c1=O.Cn1nnn(-c2cccc(SC(F)(F)F)c2COc2cc(F)[c-]cc2Cl)c1=O.Cn1nnn(-c2cccc(SC(F)F)c2COc2cc(F)[c-]cc2Cl)c1=O.[Y].[Y].[Y].[Y].[Y]. The van der Waals surface area contributed by atoms with Crippen molar-refractivity contribution in [3.8, 4) is 62.9 Å². The number of alkyl halides is 7. The Morgan fingerprint density at radius 3 is 0.957 bits per heavy atom. The summed E-state index contributed by atoms with van der Waals surface area (Å²) in [4.78, 5) is 60.8. The van der Waals surface area contributed by atoms with E-state index in [1.807, 2.05) is 19.1 Å². The molecule has 0 saturated heterocycles. The number of tetrazole rings is 5. The van der Waals surface area contributed by atoms with Gasteiger partial charge in [-0.15, -0.1) is 30.3 Å². The third-order valence-electron chi connectivity index (χ3n) is 17.8. The number of ether oxygens (including phenoxy) is 6. The van der Waals surface area contributed by atoms with Crippen LogP contribution in [0.3, 0.4) is 0 Å². The van der Waals surface area contributed by atoms with Crippen molar-refractivity contribution in [3.05, 3.63) is 341 Å². The van der Waals surface area contributed by atoms with Gasteiger partial charge in [-0.1, -0.05) is 109 Å². The maximum absolute atomic E-state index is 13.4. The van der Waals surface area contributed by atoms with E-state index in [-0.39, 0.29) is 305 Å². The first-order valence-corrected chi connectivity index (χ1v) is 40.8. The molecular formula is C83H60Cl5F12N20O11S2Y5-5. The minimum atomic E-state index is -4.58. The number of aromatic nitrogens is 20. The molecule has 0 amide bonds. The number of hydrogen-bond acceptors (Lipinski definition) is 23. The predicted molar refractivity (Wildman–Crippen MR) is 461 cm³/mol. The normalized spacial score (nSPS) is 10.7. The van der Waals surface area contributed by atoms with Crippen LogP contribution >= 0.6 is 81.5 Å². The Hall–Kier alpha value is -8.34. The molecule has 0 atom stereocenters. The topological polar surface area (TPSA) is 319 Å². The molecule has 0 spiro atoms. The van der Waals surface area contributed by atoms with Gasteiger partial charge in [-0.25, -0.2) is 45.9 Å². The first-order valence-electron chi connectivity index (χ1n) is 37.3. The molecule has 5 heterocycles. The monoisotopic (exact) mass is 2420 g/mol. The van der Waals surface area contributed by atoms with E-state index < -0.39 is 82.0 Å². The van der Waals surface area contributed by atoms with Gasteiger partial charge in [0.1, 0.15) is 38.8 Å². The molecule has 0 fully saturated rings. The molecule has 0 aliphatic carbocycles. The van der Waals surface area contributed by atoms with Crippen LogP contribution in [0.2, 0.25) is 25.1 Å². The largest absolute Gasteiger partial charge is 0.513 e. The second kappa shape index (κ2) is 54.8. The van der Waals surface area contributed by atoms with Gasteiger partial charge in [-0.3, -0.25) is 0 Å². The summed E-state index contributed by atoms with van der Waals surface area (Å²) in [5.74, 6) is -5.98. The third kappa shape index (κ3) is 31.3. The average Bonchev–Trinajstić information content (AvgIpc) is 1.61. The van der Waals surface area contributed by atoms with E-state index >= 15 is 0 Å². The van der Waals surface area contributed by atoms with Gasteiger partial charge >= 0.3 is 40.6 Å². The van der Waals surface area contributed by atoms with Gasteiger partial charge in [0.25, 0.3) is 5.76 Å². The summed E-state index contributed by atoms with van der Waals surface area (Å²) in [6.45, 7) is 5.48. The number of benzene rings is 10. The molecule has 0 N–H and O–H groups in total. The van der Waals surface area contributed by atoms with Crippen molar-refractivity contribution in [1.29, 1.82) is 0 Å². The molecule has 55 heteroatoms. The summed E-state index contributed by atoms with van der Waals surface area (Å²) in [6.07, 6.45) is 1.63. The molecule has 15 aromatic rings. The summed E-state index contributed by atoms with van der Waals surface area (Å²) < 4.78 is 200. The minimum absolute atomic E-state index is 0. The summed E-state index contributed by atoms with van der Waals surface area (Å²) >= 11 is 29.7. The molecule has 0 saturated carbocycles. The number of thioether (sulfide) groups is 2. The van der Waals surface area contributed by atoms with E-state index in [1.165, 1.54) is 119 Å². The molecule has 0 aliphatic heterocycles. The Bertz CT molecular complexity index is 6940. The van der Waals surface area contributed by atoms with Crippen molar-refractivity contribution in [2.45, 2.75) is 67.6 Å². The zero-order valence-corrected chi connectivity index (χ0v) is 91.3. The number of aryl methyl sites for hydroxylation is 5. The molecule has 15 rings (SSSR count). The van der Waals surface area contributed by atoms with Gasteiger partial charge in [0.15, 0.2) is 0 Å². The van der Waals surface area contributed by atoms with Crippen molar-refractivity contribution in [3.63, 3.8) is 0 Å². The van der Waals surface area contributed by atoms with Crippen LogP contribution in [0.5, 0.6) is 34.5 Å². The van der Waals surface area contributed by atoms with Gasteiger partial charge in [-0.05, 0) is 156 Å². The molecule has 709 valence electrons. The fourth-order valence-electron chi connectivity index (χ4n) is 11.6. The molecule has 10 aromatic carbocycles. The van der Waals surface area contributed by atoms with Crippen LogP contribution in [0.25, 0.3) is 40.1 Å². The van der Waals surface area contributed by atoms with Crippen molar-refractivity contribution in [1.82, 2.24) is 99.0 Å². The van der Waals surface area contributed by atoms with Gasteiger partial charge in [0.2, 0.25) is 0 Å². The predicted octanol–water partition coefficient (Wildman–Crippen LogP) is 15.9. The number of nitrogens with zero attached hydrogens (tertiary/aromatic N) is 20. The first kappa shape index (κ1) is 118. The second-order valence-electron chi connectivity index (χ2n) is 26.6. The standard InChI is InChI=1S/C18H15ClFN4O2.C17H13ClFN4O2.C16H10ClF4N4O2S.C16H11ClF3N4O3.C16H11ClF3N4O2S.5Y/c1-11(2)13-5-4-6-16(24-18(25)23(3)21-22-24)14(13)10-26-17-9-12(20)7-8-15(17)19;1-3-11-5-4-6-15(23-17(24)22(2)20-21-23)13(11)10-25-16-9-12(19)7-8-14(16)18;1-24-15(26)25(23-22-24)12-3-2-4-14(28-16(19,20)21)10(12)8-27-13-7-9(18)5-6-11(13)17;1-23-16(25)24(22-21-23)12-3-2-4-13(27-15(19)20)10(12)8-26-14-7-9(18)5-6-11(14)17;1-23-16(25)24(22-21-23)12-3-2-4-14(27-15(19)20)10(12)8-26-13-7-9(18)5-6-11(13)17;;;;;/h4-6,8-9H,1,10H2,2-3H3;3-6,8-9H,1,10H2,2H3;2-4,6-7H,8H2,1H3;2*2-4,6-7,15H,8H2,1H3;;;;;/q5*-1;;;;;. The van der Waals surface area contributed by atoms with Crippen LogP contribution in [0.4, 0.5) is 52.7 Å². The maximum atomic E-state index is 13.4. The summed E-state index contributed by atoms with van der Waals surface area (Å²) in [5, 5.41) is 37.6. The fraction of sp³-hybridized carbons (Fsp3) is 0.169. The van der Waals surface area contributed by atoms with E-state index in [1.54, 1.807) is 30.3 Å². The smallest absolute Gasteiger partial charge is 0.446 e. The van der Waals surface area contributed by atoms with E-state index in [0.717, 1.165) is 95.2 Å². The van der Waals surface area contributed by atoms with E-state index in [0.29, 0.717) is 34.3 Å². The van der Waals surface area contributed by atoms with Gasteiger partial charge in [-0.2, -0.15) is 166 Å². The van der Waals surface area contributed by atoms with Gasteiger partial charge in [0, 0.05) is 289 Å². The number of hydrogen-bond donors (Lipinski definition) is 0. The van der Waals surface area contributed by atoms with E-state index in [2.05, 4.69) is 100 Å². The second-order valence-corrected chi connectivity index (χ2v) is 30.8. The van der Waals surface area contributed by atoms with E-state index in [9.17, 15) is 76.7 Å². The molecular weight excluding hydrogens is 2370 g/mol. The van der Waals surface area contributed by atoms with Crippen LogP contribution < -0.4 is 56.9 Å². The quantitative estimate of drug-likeness (QED) is 0.0262. The molecule has 0 bridgehead atoms. The van der Waals surface area contributed by atoms with Crippen molar-refractivity contribution >= 4 is 93.2 Å². The Balaban J connectivity index is 0.000000262. The fourth-order valence-corrected chi connectivity index (χ4v) is 13.7. The number of rotatable bonds is 27. The third-order valence-corrected chi connectivity index (χ3v) is 20.9. The zero-order valence-electron chi connectivity index (χ0n) is 71.7. The van der Waals surface area contributed by atoms with Crippen LogP contribution in [0, 0.1) is 59.4 Å². The zero-order chi connectivity index (χ0) is 96.4. The molecule has 5 radical (unpaired) electrons. The molecule has 138 heavy (non-hydrogen) atoms. The van der Waals surface area contributed by atoms with Crippen molar-refractivity contribution in [2.24, 2.45) is 35.2 Å². The molecule has 0 aliphatic rings. The maximum Gasteiger partial charge on any atom is 0.446 e. The molecule has 31 nitrogen and oxygen atoms in total. The Morgan fingerprint density at radius 2 is 0.659 bits per heavy atom. The van der Waals surface area contributed by atoms with Crippen LogP contribution in [-0.4, -0.2) is 117 Å². The van der Waals surface area contributed by atoms with Crippen LogP contribution in [-0.2, 0) is 232 Å². The van der Waals surface area contributed by atoms with Gasteiger partial charge < -0.3 is 28.4 Å². The average molecular weight is 2430 g/mol. The van der Waals surface area contributed by atoms with Crippen LogP contribution in [0.1, 0.15) is 45.9 Å².